The second-order valence-electron chi connectivity index (χ2n) is 6.22. The van der Waals surface area contributed by atoms with Crippen LogP contribution in [0.2, 0.25) is 0 Å². The maximum Gasteiger partial charge on any atom is 0.253 e. The Bertz CT molecular complexity index is 639. The van der Waals surface area contributed by atoms with E-state index >= 15 is 0 Å². The molecule has 1 amide bonds. The summed E-state index contributed by atoms with van der Waals surface area (Å²) < 4.78 is 0. The summed E-state index contributed by atoms with van der Waals surface area (Å²) in [4.78, 5) is 14.0. The van der Waals surface area contributed by atoms with Crippen molar-refractivity contribution in [3.05, 3.63) is 52.3 Å². The van der Waals surface area contributed by atoms with Gasteiger partial charge in [-0.05, 0) is 45.4 Å². The molecule has 5 heteroatoms. The molecule has 0 unspecified atom stereocenters. The number of nitrogens with zero attached hydrogens (tertiary/aromatic N) is 2. The highest BCUT2D eigenvalue weighted by molar-refractivity contribution is 5.94. The molecule has 124 valence electrons. The van der Waals surface area contributed by atoms with Crippen LogP contribution in [0.25, 0.3) is 0 Å². The van der Waals surface area contributed by atoms with Crippen LogP contribution in [-0.4, -0.2) is 34.1 Å². The first-order valence-electron chi connectivity index (χ1n) is 7.97. The van der Waals surface area contributed by atoms with Crippen molar-refractivity contribution in [2.24, 2.45) is 0 Å². The molecule has 0 atom stereocenters. The first-order valence-corrected chi connectivity index (χ1v) is 7.97. The van der Waals surface area contributed by atoms with Gasteiger partial charge in [-0.3, -0.25) is 9.89 Å². The second-order valence-corrected chi connectivity index (χ2v) is 6.22. The number of H-pyrrole nitrogens is 1. The van der Waals surface area contributed by atoms with E-state index in [0.29, 0.717) is 0 Å². The summed E-state index contributed by atoms with van der Waals surface area (Å²) in [6, 6.07) is 8.00. The fourth-order valence-electron chi connectivity index (χ4n) is 2.37. The van der Waals surface area contributed by atoms with Gasteiger partial charge in [0.15, 0.2) is 0 Å². The highest BCUT2D eigenvalue weighted by atomic mass is 16.2. The Labute approximate surface area is 138 Å². The smallest absolute Gasteiger partial charge is 0.253 e. The lowest BCUT2D eigenvalue weighted by Crippen LogP contribution is -2.32. The topological polar surface area (TPSA) is 61.0 Å². The minimum absolute atomic E-state index is 0.0594. The third kappa shape index (κ3) is 4.20. The Hall–Kier alpha value is -2.14. The van der Waals surface area contributed by atoms with Gasteiger partial charge in [0.1, 0.15) is 0 Å². The second kappa shape index (κ2) is 7.42. The molecule has 2 aromatic rings. The molecule has 23 heavy (non-hydrogen) atoms. The van der Waals surface area contributed by atoms with Crippen molar-refractivity contribution in [1.82, 2.24) is 20.4 Å². The average molecular weight is 314 g/mol. The van der Waals surface area contributed by atoms with Crippen LogP contribution in [-0.2, 0) is 13.1 Å². The summed E-state index contributed by atoms with van der Waals surface area (Å²) in [6.45, 7) is 9.60. The lowest BCUT2D eigenvalue weighted by atomic mass is 10.1. The summed E-state index contributed by atoms with van der Waals surface area (Å²) in [5.74, 6) is 0.0594. The zero-order chi connectivity index (χ0) is 17.0. The summed E-state index contributed by atoms with van der Waals surface area (Å²) in [5, 5.41) is 10.6. The molecular weight excluding hydrogens is 288 g/mol. The highest BCUT2D eigenvalue weighted by Crippen LogP contribution is 2.11. The SMILES string of the molecule is Cc1n[nH]c(C)c1CNCc1ccc(C(=O)N(C)C(C)C)cc1. The zero-order valence-electron chi connectivity index (χ0n) is 14.6. The van der Waals surface area contributed by atoms with Crippen molar-refractivity contribution in [2.75, 3.05) is 7.05 Å². The number of hydrogen-bond donors (Lipinski definition) is 2. The molecule has 0 saturated carbocycles. The van der Waals surface area contributed by atoms with E-state index in [4.69, 9.17) is 0 Å². The van der Waals surface area contributed by atoms with Gasteiger partial charge in [-0.25, -0.2) is 0 Å². The molecule has 0 bridgehead atoms. The number of aromatic amines is 1. The fourth-order valence-corrected chi connectivity index (χ4v) is 2.37. The summed E-state index contributed by atoms with van der Waals surface area (Å²) in [5.41, 5.74) is 5.25. The van der Waals surface area contributed by atoms with Crippen LogP contribution >= 0.6 is 0 Å². The standard InChI is InChI=1S/C18H26N4O/c1-12(2)22(5)18(23)16-8-6-15(7-9-16)10-19-11-17-13(3)20-21-14(17)4/h6-9,12,19H,10-11H2,1-5H3,(H,20,21). The first-order chi connectivity index (χ1) is 10.9. The molecular formula is C18H26N4O. The largest absolute Gasteiger partial charge is 0.339 e. The molecule has 0 aliphatic heterocycles. The number of carbonyl (C=O) groups excluding carboxylic acids is 1. The molecule has 0 radical (unpaired) electrons. The van der Waals surface area contributed by atoms with Crippen LogP contribution in [0.5, 0.6) is 0 Å². The molecule has 0 aliphatic carbocycles. The van der Waals surface area contributed by atoms with Crippen LogP contribution < -0.4 is 5.32 Å². The predicted molar refractivity (Wildman–Crippen MR) is 92.3 cm³/mol. The number of hydrogen-bond acceptors (Lipinski definition) is 3. The summed E-state index contributed by atoms with van der Waals surface area (Å²) in [6.07, 6.45) is 0. The van der Waals surface area contributed by atoms with E-state index in [1.165, 1.54) is 5.56 Å². The molecule has 1 aromatic carbocycles. The molecule has 0 fully saturated rings. The van der Waals surface area contributed by atoms with E-state index in [1.54, 1.807) is 4.90 Å². The third-order valence-corrected chi connectivity index (χ3v) is 4.21. The van der Waals surface area contributed by atoms with Gasteiger partial charge in [-0.15, -0.1) is 0 Å². The van der Waals surface area contributed by atoms with Gasteiger partial charge >= 0.3 is 0 Å². The predicted octanol–water partition coefficient (Wildman–Crippen LogP) is 2.80. The van der Waals surface area contributed by atoms with Crippen LogP contribution in [0.15, 0.2) is 24.3 Å². The Morgan fingerprint density at radius 2 is 1.87 bits per heavy atom. The lowest BCUT2D eigenvalue weighted by Gasteiger charge is -2.21. The van der Waals surface area contributed by atoms with E-state index in [1.807, 2.05) is 59.0 Å². The lowest BCUT2D eigenvalue weighted by molar-refractivity contribution is 0.0755. The molecule has 0 aliphatic rings. The number of rotatable bonds is 6. The minimum atomic E-state index is 0.0594. The van der Waals surface area contributed by atoms with Gasteiger partial charge < -0.3 is 10.2 Å². The summed E-state index contributed by atoms with van der Waals surface area (Å²) in [7, 11) is 1.83. The van der Waals surface area contributed by atoms with Crippen molar-refractivity contribution in [2.45, 2.75) is 46.8 Å². The molecule has 2 rings (SSSR count). The van der Waals surface area contributed by atoms with Crippen molar-refractivity contribution in [3.63, 3.8) is 0 Å². The van der Waals surface area contributed by atoms with Crippen molar-refractivity contribution < 1.29 is 4.79 Å². The number of nitrogens with one attached hydrogen (secondary N) is 2. The monoisotopic (exact) mass is 314 g/mol. The number of aromatic nitrogens is 2. The van der Waals surface area contributed by atoms with Gasteiger partial charge in [0, 0.05) is 43.0 Å². The van der Waals surface area contributed by atoms with Crippen LogP contribution in [0.4, 0.5) is 0 Å². The van der Waals surface area contributed by atoms with Crippen LogP contribution in [0.1, 0.15) is 46.7 Å². The number of amides is 1. The molecule has 1 heterocycles. The number of carbonyl (C=O) groups is 1. The van der Waals surface area contributed by atoms with Crippen molar-refractivity contribution in [1.29, 1.82) is 0 Å². The minimum Gasteiger partial charge on any atom is -0.339 e. The van der Waals surface area contributed by atoms with E-state index in [2.05, 4.69) is 15.5 Å². The molecule has 1 aromatic heterocycles. The van der Waals surface area contributed by atoms with Crippen LogP contribution in [0, 0.1) is 13.8 Å². The van der Waals surface area contributed by atoms with Gasteiger partial charge in [0.05, 0.1) is 5.69 Å². The van der Waals surface area contributed by atoms with Gasteiger partial charge in [0.25, 0.3) is 5.91 Å². The Morgan fingerprint density at radius 1 is 1.22 bits per heavy atom. The van der Waals surface area contributed by atoms with Gasteiger partial charge in [0.2, 0.25) is 0 Å². The molecule has 5 nitrogen and oxygen atoms in total. The Morgan fingerprint density at radius 3 is 2.39 bits per heavy atom. The Balaban J connectivity index is 1.92. The quantitative estimate of drug-likeness (QED) is 0.862. The maximum atomic E-state index is 12.2. The number of benzene rings is 1. The Kier molecular flexibility index (Phi) is 5.55. The average Bonchev–Trinajstić information content (AvgIpc) is 2.86. The van der Waals surface area contributed by atoms with Crippen LogP contribution in [0.3, 0.4) is 0 Å². The van der Waals surface area contributed by atoms with Crippen molar-refractivity contribution in [3.8, 4) is 0 Å². The van der Waals surface area contributed by atoms with E-state index in [-0.39, 0.29) is 11.9 Å². The third-order valence-electron chi connectivity index (χ3n) is 4.21. The normalized spacial score (nSPS) is 11.0. The summed E-state index contributed by atoms with van der Waals surface area (Å²) >= 11 is 0. The zero-order valence-corrected chi connectivity index (χ0v) is 14.6. The van der Waals surface area contributed by atoms with Crippen molar-refractivity contribution >= 4 is 5.91 Å². The van der Waals surface area contributed by atoms with Gasteiger partial charge in [-0.2, -0.15) is 5.10 Å². The molecule has 0 spiro atoms. The fraction of sp³-hybridized carbons (Fsp3) is 0.444. The highest BCUT2D eigenvalue weighted by Gasteiger charge is 2.13. The van der Waals surface area contributed by atoms with Gasteiger partial charge in [-0.1, -0.05) is 12.1 Å². The first kappa shape index (κ1) is 17.2. The van der Waals surface area contributed by atoms with E-state index in [9.17, 15) is 4.79 Å². The van der Waals surface area contributed by atoms with E-state index < -0.39 is 0 Å². The number of aryl methyl sites for hydroxylation is 2. The maximum absolute atomic E-state index is 12.2. The molecule has 2 N–H and O–H groups in total. The molecule has 0 saturated heterocycles. The van der Waals surface area contributed by atoms with E-state index in [0.717, 1.165) is 35.6 Å².